The third kappa shape index (κ3) is 2.42. The third-order valence-corrected chi connectivity index (χ3v) is 3.97. The Morgan fingerprint density at radius 2 is 2.10 bits per heavy atom. The van der Waals surface area contributed by atoms with Crippen LogP contribution in [-0.4, -0.2) is 21.5 Å². The number of nitrogens with zero attached hydrogens (tertiary/aromatic N) is 2. The molecular formula is C16H21N3O. The monoisotopic (exact) mass is 271 g/mol. The number of benzene rings is 1. The molecule has 0 radical (unpaired) electrons. The van der Waals surface area contributed by atoms with E-state index < -0.39 is 0 Å². The van der Waals surface area contributed by atoms with Crippen LogP contribution in [-0.2, 0) is 0 Å². The van der Waals surface area contributed by atoms with Crippen molar-refractivity contribution in [3.05, 3.63) is 30.1 Å². The largest absolute Gasteiger partial charge is 0.350 e. The van der Waals surface area contributed by atoms with Gasteiger partial charge in [0.05, 0.1) is 17.4 Å². The summed E-state index contributed by atoms with van der Waals surface area (Å²) in [5, 5.41) is 2.91. The molecule has 1 aliphatic rings. The summed E-state index contributed by atoms with van der Waals surface area (Å²) in [4.78, 5) is 16.5. The molecule has 0 saturated heterocycles. The Morgan fingerprint density at radius 1 is 1.35 bits per heavy atom. The van der Waals surface area contributed by atoms with E-state index in [-0.39, 0.29) is 11.9 Å². The molecule has 0 aliphatic heterocycles. The maximum Gasteiger partial charge on any atom is 0.251 e. The molecule has 1 saturated carbocycles. The highest BCUT2D eigenvalue weighted by molar-refractivity contribution is 5.97. The van der Waals surface area contributed by atoms with Gasteiger partial charge in [-0.15, -0.1) is 0 Å². The summed E-state index contributed by atoms with van der Waals surface area (Å²) in [5.74, 6) is -0.0303. The van der Waals surface area contributed by atoms with E-state index in [0.717, 1.165) is 11.0 Å². The van der Waals surface area contributed by atoms with Crippen LogP contribution < -0.4 is 5.32 Å². The molecule has 4 nitrogen and oxygen atoms in total. The molecule has 1 aromatic heterocycles. The second-order valence-corrected chi connectivity index (χ2v) is 5.92. The van der Waals surface area contributed by atoms with Crippen LogP contribution in [0, 0.1) is 0 Å². The highest BCUT2D eigenvalue weighted by Gasteiger charge is 2.19. The van der Waals surface area contributed by atoms with Gasteiger partial charge in [0.25, 0.3) is 5.91 Å². The van der Waals surface area contributed by atoms with E-state index in [4.69, 9.17) is 0 Å². The number of carbonyl (C=O) groups excluding carboxylic acids is 1. The molecule has 1 heterocycles. The highest BCUT2D eigenvalue weighted by Crippen LogP contribution is 2.32. The lowest BCUT2D eigenvalue weighted by Crippen LogP contribution is -2.29. The van der Waals surface area contributed by atoms with Crippen LogP contribution in [0.25, 0.3) is 11.0 Å². The smallest absolute Gasteiger partial charge is 0.251 e. The summed E-state index contributed by atoms with van der Waals surface area (Å²) in [6.45, 7) is 3.93. The predicted octanol–water partition coefficient (Wildman–Crippen LogP) is 3.29. The van der Waals surface area contributed by atoms with Crippen molar-refractivity contribution in [3.63, 3.8) is 0 Å². The Hall–Kier alpha value is -1.84. The molecule has 1 aliphatic carbocycles. The van der Waals surface area contributed by atoms with Gasteiger partial charge in [0.15, 0.2) is 0 Å². The van der Waals surface area contributed by atoms with Gasteiger partial charge in [-0.1, -0.05) is 12.8 Å². The Kier molecular flexibility index (Phi) is 3.47. The summed E-state index contributed by atoms with van der Waals surface area (Å²) >= 11 is 0. The molecular weight excluding hydrogens is 250 g/mol. The van der Waals surface area contributed by atoms with Crippen molar-refractivity contribution in [2.24, 2.45) is 0 Å². The molecule has 1 fully saturated rings. The molecule has 106 valence electrons. The van der Waals surface area contributed by atoms with Gasteiger partial charge in [-0.3, -0.25) is 4.79 Å². The van der Waals surface area contributed by atoms with Crippen molar-refractivity contribution >= 4 is 16.9 Å². The lowest BCUT2D eigenvalue weighted by Gasteiger charge is -2.12. The Bertz CT molecular complexity index is 624. The van der Waals surface area contributed by atoms with Gasteiger partial charge >= 0.3 is 0 Å². The zero-order valence-corrected chi connectivity index (χ0v) is 12.1. The Labute approximate surface area is 119 Å². The second kappa shape index (κ2) is 5.27. The summed E-state index contributed by atoms with van der Waals surface area (Å²) in [5.41, 5.74) is 2.73. The topological polar surface area (TPSA) is 46.9 Å². The minimum absolute atomic E-state index is 0.0303. The summed E-state index contributed by atoms with van der Waals surface area (Å²) < 4.78 is 2.27. The highest BCUT2D eigenvalue weighted by atomic mass is 16.1. The zero-order chi connectivity index (χ0) is 14.1. The van der Waals surface area contributed by atoms with Crippen LogP contribution in [0.2, 0.25) is 0 Å². The van der Waals surface area contributed by atoms with Gasteiger partial charge in [0, 0.05) is 17.6 Å². The van der Waals surface area contributed by atoms with Crippen LogP contribution in [0.4, 0.5) is 0 Å². The summed E-state index contributed by atoms with van der Waals surface area (Å²) in [6, 6.07) is 6.53. The minimum Gasteiger partial charge on any atom is -0.350 e. The van der Waals surface area contributed by atoms with Crippen molar-refractivity contribution in [1.82, 2.24) is 14.9 Å². The minimum atomic E-state index is -0.0303. The predicted molar refractivity (Wildman–Crippen MR) is 79.8 cm³/mol. The molecule has 0 bridgehead atoms. The average molecular weight is 271 g/mol. The van der Waals surface area contributed by atoms with Crippen molar-refractivity contribution in [3.8, 4) is 0 Å². The molecule has 0 spiro atoms. The van der Waals surface area contributed by atoms with Gasteiger partial charge in [-0.05, 0) is 44.9 Å². The van der Waals surface area contributed by atoms with E-state index >= 15 is 0 Å². The first kappa shape index (κ1) is 13.2. The Morgan fingerprint density at radius 3 is 2.80 bits per heavy atom. The van der Waals surface area contributed by atoms with Crippen LogP contribution >= 0.6 is 0 Å². The molecule has 0 atom stereocenters. The number of hydrogen-bond donors (Lipinski definition) is 1. The first-order valence-corrected chi connectivity index (χ1v) is 7.42. The summed E-state index contributed by atoms with van der Waals surface area (Å²) in [7, 11) is 0. The first-order chi connectivity index (χ1) is 9.65. The number of carbonyl (C=O) groups is 1. The van der Waals surface area contributed by atoms with Crippen molar-refractivity contribution in [2.45, 2.75) is 51.6 Å². The van der Waals surface area contributed by atoms with E-state index in [1.165, 1.54) is 25.7 Å². The van der Waals surface area contributed by atoms with Crippen molar-refractivity contribution in [1.29, 1.82) is 0 Å². The fourth-order valence-electron chi connectivity index (χ4n) is 2.99. The van der Waals surface area contributed by atoms with Crippen LogP contribution in [0.1, 0.15) is 55.9 Å². The zero-order valence-electron chi connectivity index (χ0n) is 12.1. The quantitative estimate of drug-likeness (QED) is 0.931. The average Bonchev–Trinajstić information content (AvgIpc) is 3.05. The number of amides is 1. The number of hydrogen-bond acceptors (Lipinski definition) is 2. The molecule has 1 aromatic carbocycles. The lowest BCUT2D eigenvalue weighted by atomic mass is 10.1. The van der Waals surface area contributed by atoms with Crippen LogP contribution in [0.3, 0.4) is 0 Å². The number of fused-ring (bicyclic) bond motifs is 1. The second-order valence-electron chi connectivity index (χ2n) is 5.92. The van der Waals surface area contributed by atoms with Crippen molar-refractivity contribution in [2.75, 3.05) is 0 Å². The maximum atomic E-state index is 12.0. The maximum absolute atomic E-state index is 12.0. The standard InChI is InChI=1S/C16H21N3O/c1-11(2)18-16(20)12-7-8-15-14(9-12)17-10-19(15)13-5-3-4-6-13/h7-11,13H,3-6H2,1-2H3,(H,18,20). The fourth-order valence-corrected chi connectivity index (χ4v) is 2.99. The third-order valence-electron chi connectivity index (χ3n) is 3.97. The molecule has 1 amide bonds. The molecule has 0 unspecified atom stereocenters. The van der Waals surface area contributed by atoms with Crippen LogP contribution in [0.15, 0.2) is 24.5 Å². The van der Waals surface area contributed by atoms with E-state index in [9.17, 15) is 4.79 Å². The number of nitrogens with one attached hydrogen (secondary N) is 1. The van der Waals surface area contributed by atoms with E-state index in [1.54, 1.807) is 0 Å². The van der Waals surface area contributed by atoms with Gasteiger partial charge in [-0.25, -0.2) is 4.98 Å². The van der Waals surface area contributed by atoms with E-state index in [2.05, 4.69) is 14.9 Å². The van der Waals surface area contributed by atoms with Gasteiger partial charge in [-0.2, -0.15) is 0 Å². The Balaban J connectivity index is 1.91. The number of aromatic nitrogens is 2. The van der Waals surface area contributed by atoms with Crippen LogP contribution in [0.5, 0.6) is 0 Å². The normalized spacial score (nSPS) is 16.1. The van der Waals surface area contributed by atoms with E-state index in [1.807, 2.05) is 38.4 Å². The fraction of sp³-hybridized carbons (Fsp3) is 0.500. The number of imidazole rings is 1. The molecule has 4 heteroatoms. The SMILES string of the molecule is CC(C)NC(=O)c1ccc2c(c1)ncn2C1CCCC1. The van der Waals surface area contributed by atoms with Gasteiger partial charge in [0.1, 0.15) is 0 Å². The van der Waals surface area contributed by atoms with Gasteiger partial charge in [0.2, 0.25) is 0 Å². The van der Waals surface area contributed by atoms with Gasteiger partial charge < -0.3 is 9.88 Å². The molecule has 20 heavy (non-hydrogen) atoms. The molecule has 1 N–H and O–H groups in total. The lowest BCUT2D eigenvalue weighted by molar-refractivity contribution is 0.0943. The summed E-state index contributed by atoms with van der Waals surface area (Å²) in [6.07, 6.45) is 7.01. The molecule has 3 rings (SSSR count). The van der Waals surface area contributed by atoms with Crippen molar-refractivity contribution < 1.29 is 4.79 Å². The van der Waals surface area contributed by atoms with E-state index in [0.29, 0.717) is 11.6 Å². The molecule has 2 aromatic rings. The number of rotatable bonds is 3. The first-order valence-electron chi connectivity index (χ1n) is 7.42.